The average Bonchev–Trinajstić information content (AvgIpc) is 3.23. The minimum atomic E-state index is -0.299. The monoisotopic (exact) mass is 457 g/mol. The van der Waals surface area contributed by atoms with Crippen molar-refractivity contribution in [2.45, 2.75) is 38.3 Å². The van der Waals surface area contributed by atoms with E-state index in [2.05, 4.69) is 20.1 Å². The predicted molar refractivity (Wildman–Crippen MR) is 125 cm³/mol. The molecule has 3 aliphatic heterocycles. The molecule has 3 fully saturated rings. The number of hydrogen-bond acceptors (Lipinski definition) is 6. The molecule has 2 aromatic heterocycles. The van der Waals surface area contributed by atoms with Crippen molar-refractivity contribution in [2.24, 2.45) is 0 Å². The SMILES string of the molecule is Cc1ccc(-n2nccn2)c(C(=O)N2C[C@@H]3CCC2CCN3c2ncc3cc(F)ccc3n2)c1. The maximum absolute atomic E-state index is 13.8. The number of aryl methyl sites for hydroxylation is 1. The van der Waals surface area contributed by atoms with Gasteiger partial charge in [-0.15, -0.1) is 0 Å². The van der Waals surface area contributed by atoms with E-state index in [0.29, 0.717) is 34.6 Å². The molecule has 3 aliphatic rings. The Labute approximate surface area is 196 Å². The van der Waals surface area contributed by atoms with Crippen LogP contribution in [0.15, 0.2) is 55.0 Å². The van der Waals surface area contributed by atoms with E-state index in [1.807, 2.05) is 30.0 Å². The summed E-state index contributed by atoms with van der Waals surface area (Å²) in [5.74, 6) is 0.339. The molecule has 7 rings (SSSR count). The van der Waals surface area contributed by atoms with Crippen molar-refractivity contribution in [3.8, 4) is 5.69 Å². The summed E-state index contributed by atoms with van der Waals surface area (Å²) in [7, 11) is 0. The molecule has 5 heterocycles. The number of piperidine rings is 1. The Hall–Kier alpha value is -3.88. The highest BCUT2D eigenvalue weighted by molar-refractivity contribution is 5.98. The Morgan fingerprint density at radius 1 is 1.03 bits per heavy atom. The van der Waals surface area contributed by atoms with Crippen LogP contribution < -0.4 is 4.90 Å². The zero-order valence-electron chi connectivity index (χ0n) is 18.8. The smallest absolute Gasteiger partial charge is 0.256 e. The summed E-state index contributed by atoms with van der Waals surface area (Å²) >= 11 is 0. The van der Waals surface area contributed by atoms with Gasteiger partial charge in [-0.1, -0.05) is 11.6 Å². The van der Waals surface area contributed by atoms with Crippen LogP contribution >= 0.6 is 0 Å². The number of carbonyl (C=O) groups is 1. The van der Waals surface area contributed by atoms with Gasteiger partial charge in [0, 0.05) is 36.8 Å². The molecule has 0 radical (unpaired) electrons. The fourth-order valence-corrected chi connectivity index (χ4v) is 5.17. The lowest BCUT2D eigenvalue weighted by molar-refractivity contribution is 0.0612. The van der Waals surface area contributed by atoms with Crippen molar-refractivity contribution in [3.05, 3.63) is 71.9 Å². The molecule has 0 N–H and O–H groups in total. The van der Waals surface area contributed by atoms with Crippen LogP contribution in [0.2, 0.25) is 0 Å². The average molecular weight is 458 g/mol. The largest absolute Gasteiger partial charge is 0.336 e. The van der Waals surface area contributed by atoms with Crippen molar-refractivity contribution < 1.29 is 9.18 Å². The van der Waals surface area contributed by atoms with Crippen LogP contribution in [0.4, 0.5) is 10.3 Å². The van der Waals surface area contributed by atoms with Gasteiger partial charge in [0.15, 0.2) is 0 Å². The normalized spacial score (nSPS) is 20.1. The molecule has 9 heteroatoms. The number of aromatic nitrogens is 5. The molecular weight excluding hydrogens is 433 g/mol. The molecule has 1 unspecified atom stereocenters. The number of nitrogens with zero attached hydrogens (tertiary/aromatic N) is 7. The number of hydrogen-bond donors (Lipinski definition) is 0. The van der Waals surface area contributed by atoms with Gasteiger partial charge in [-0.05, 0) is 56.5 Å². The first-order chi connectivity index (χ1) is 16.6. The van der Waals surface area contributed by atoms with Gasteiger partial charge in [0.05, 0.1) is 29.2 Å². The van der Waals surface area contributed by atoms with Gasteiger partial charge in [0.1, 0.15) is 5.82 Å². The first-order valence-corrected chi connectivity index (χ1v) is 11.5. The van der Waals surface area contributed by atoms with E-state index in [1.165, 1.54) is 16.9 Å². The number of carbonyl (C=O) groups excluding carboxylic acids is 1. The molecule has 34 heavy (non-hydrogen) atoms. The van der Waals surface area contributed by atoms with Crippen LogP contribution in [0.3, 0.4) is 0 Å². The Morgan fingerprint density at radius 3 is 2.71 bits per heavy atom. The summed E-state index contributed by atoms with van der Waals surface area (Å²) in [5, 5.41) is 9.16. The van der Waals surface area contributed by atoms with E-state index >= 15 is 0 Å². The highest BCUT2D eigenvalue weighted by atomic mass is 19.1. The molecule has 4 aromatic rings. The minimum absolute atomic E-state index is 0.00227. The van der Waals surface area contributed by atoms with Gasteiger partial charge in [-0.2, -0.15) is 15.0 Å². The van der Waals surface area contributed by atoms with Gasteiger partial charge in [0.2, 0.25) is 5.95 Å². The second kappa shape index (κ2) is 8.16. The van der Waals surface area contributed by atoms with Crippen molar-refractivity contribution >= 4 is 22.8 Å². The molecule has 2 atom stereocenters. The molecule has 3 saturated heterocycles. The number of anilines is 1. The zero-order chi connectivity index (χ0) is 23.2. The van der Waals surface area contributed by atoms with E-state index in [0.717, 1.165) is 31.4 Å². The lowest BCUT2D eigenvalue weighted by Crippen LogP contribution is -2.50. The van der Waals surface area contributed by atoms with Crippen molar-refractivity contribution in [1.82, 2.24) is 29.9 Å². The summed E-state index contributed by atoms with van der Waals surface area (Å²) in [6.45, 7) is 3.36. The lowest BCUT2D eigenvalue weighted by atomic mass is 9.97. The van der Waals surface area contributed by atoms with Crippen molar-refractivity contribution in [3.63, 3.8) is 0 Å². The van der Waals surface area contributed by atoms with Gasteiger partial charge in [-0.3, -0.25) is 4.79 Å². The minimum Gasteiger partial charge on any atom is -0.336 e. The van der Waals surface area contributed by atoms with E-state index in [1.54, 1.807) is 24.7 Å². The second-order valence-electron chi connectivity index (χ2n) is 9.04. The topological polar surface area (TPSA) is 80.0 Å². The van der Waals surface area contributed by atoms with Gasteiger partial charge in [0.25, 0.3) is 5.91 Å². The Balaban J connectivity index is 1.31. The first-order valence-electron chi connectivity index (χ1n) is 11.5. The van der Waals surface area contributed by atoms with Crippen LogP contribution in [-0.2, 0) is 0 Å². The van der Waals surface area contributed by atoms with E-state index < -0.39 is 0 Å². The van der Waals surface area contributed by atoms with Crippen LogP contribution in [0, 0.1) is 12.7 Å². The second-order valence-corrected chi connectivity index (χ2v) is 9.04. The number of amides is 1. The van der Waals surface area contributed by atoms with Gasteiger partial charge >= 0.3 is 0 Å². The third-order valence-electron chi connectivity index (χ3n) is 6.89. The van der Waals surface area contributed by atoms with Gasteiger partial charge < -0.3 is 9.80 Å². The van der Waals surface area contributed by atoms with E-state index in [-0.39, 0.29) is 23.8 Å². The highest BCUT2D eigenvalue weighted by Crippen LogP contribution is 2.32. The third kappa shape index (κ3) is 3.57. The number of benzene rings is 2. The third-order valence-corrected chi connectivity index (χ3v) is 6.89. The van der Waals surface area contributed by atoms with E-state index in [4.69, 9.17) is 4.98 Å². The van der Waals surface area contributed by atoms with E-state index in [9.17, 15) is 9.18 Å². The Morgan fingerprint density at radius 2 is 1.85 bits per heavy atom. The highest BCUT2D eigenvalue weighted by Gasteiger charge is 2.39. The molecule has 0 spiro atoms. The predicted octanol–water partition coefficient (Wildman–Crippen LogP) is 3.54. The Kier molecular flexibility index (Phi) is 4.97. The summed E-state index contributed by atoms with van der Waals surface area (Å²) in [6, 6.07) is 10.6. The molecule has 172 valence electrons. The standard InChI is InChI=1S/C25H24FN7O/c1-16-2-7-23(33-28-9-10-29-33)21(12-16)24(34)32-15-20-5-4-19(32)8-11-31(20)25-27-14-17-13-18(26)3-6-22(17)30-25/h2-3,6-7,9-10,12-14,19-20H,4-5,8,11,15H2,1H3/t19?,20-/m0/s1. The number of fused-ring (bicyclic) bond motifs is 5. The van der Waals surface area contributed by atoms with Crippen LogP contribution in [-0.4, -0.2) is 60.9 Å². The molecule has 1 amide bonds. The molecule has 0 aliphatic carbocycles. The summed E-state index contributed by atoms with van der Waals surface area (Å²) in [6.07, 6.45) is 7.65. The maximum atomic E-state index is 13.8. The Bertz CT molecular complexity index is 1370. The molecule has 8 nitrogen and oxygen atoms in total. The summed E-state index contributed by atoms with van der Waals surface area (Å²) in [5.41, 5.74) is 3.03. The zero-order valence-corrected chi connectivity index (χ0v) is 18.8. The fraction of sp³-hybridized carbons (Fsp3) is 0.320. The maximum Gasteiger partial charge on any atom is 0.256 e. The molecular formula is C25H24FN7O. The number of halogens is 1. The van der Waals surface area contributed by atoms with Crippen LogP contribution in [0.1, 0.15) is 35.2 Å². The van der Waals surface area contributed by atoms with Gasteiger partial charge in [-0.25, -0.2) is 14.4 Å². The van der Waals surface area contributed by atoms with Crippen LogP contribution in [0.5, 0.6) is 0 Å². The summed E-state index contributed by atoms with van der Waals surface area (Å²) < 4.78 is 13.6. The molecule has 2 aromatic carbocycles. The van der Waals surface area contributed by atoms with Crippen LogP contribution in [0.25, 0.3) is 16.6 Å². The number of rotatable bonds is 3. The quantitative estimate of drug-likeness (QED) is 0.468. The first kappa shape index (κ1) is 20.7. The lowest BCUT2D eigenvalue weighted by Gasteiger charge is -2.38. The fourth-order valence-electron chi connectivity index (χ4n) is 5.17. The van der Waals surface area contributed by atoms with Crippen molar-refractivity contribution in [2.75, 3.05) is 18.0 Å². The summed E-state index contributed by atoms with van der Waals surface area (Å²) in [4.78, 5) is 28.8. The molecule has 2 bridgehead atoms. The molecule has 0 saturated carbocycles. The van der Waals surface area contributed by atoms with Crippen molar-refractivity contribution in [1.29, 1.82) is 0 Å².